The van der Waals surface area contributed by atoms with Gasteiger partial charge in [0.15, 0.2) is 5.69 Å². The van der Waals surface area contributed by atoms with E-state index in [0.717, 1.165) is 11.1 Å². The second-order valence-electron chi connectivity index (χ2n) is 4.94. The molecule has 4 rings (SSSR count). The van der Waals surface area contributed by atoms with Gasteiger partial charge in [0.25, 0.3) is 5.91 Å². The number of aromatic amines is 1. The van der Waals surface area contributed by atoms with E-state index < -0.39 is 0 Å². The van der Waals surface area contributed by atoms with Crippen molar-refractivity contribution in [3.63, 3.8) is 0 Å². The summed E-state index contributed by atoms with van der Waals surface area (Å²) in [5.41, 5.74) is 4.83. The van der Waals surface area contributed by atoms with E-state index in [-0.39, 0.29) is 17.6 Å². The van der Waals surface area contributed by atoms with Gasteiger partial charge in [-0.2, -0.15) is 15.4 Å². The predicted octanol–water partition coefficient (Wildman–Crippen LogP) is 2.30. The summed E-state index contributed by atoms with van der Waals surface area (Å²) in [7, 11) is 0. The summed E-state index contributed by atoms with van der Waals surface area (Å²) in [6.07, 6.45) is 1.42. The average Bonchev–Trinajstić information content (AvgIpc) is 3.15. The van der Waals surface area contributed by atoms with Crippen LogP contribution in [0.25, 0.3) is 11.1 Å². The number of fused-ring (bicyclic) bond motifs is 3. The molecule has 5 nitrogen and oxygen atoms in total. The molecule has 102 valence electrons. The lowest BCUT2D eigenvalue weighted by Crippen LogP contribution is -2.28. The Morgan fingerprint density at radius 2 is 1.62 bits per heavy atom. The fourth-order valence-electron chi connectivity index (χ4n) is 2.83. The summed E-state index contributed by atoms with van der Waals surface area (Å²) in [5, 5.41) is 13.0. The van der Waals surface area contributed by atoms with Crippen molar-refractivity contribution >= 4 is 5.91 Å². The number of carbonyl (C=O) groups is 1. The minimum atomic E-state index is -0.236. The lowest BCUT2D eigenvalue weighted by atomic mass is 10.1. The van der Waals surface area contributed by atoms with Gasteiger partial charge in [-0.15, -0.1) is 0 Å². The van der Waals surface area contributed by atoms with Crippen LogP contribution >= 0.6 is 0 Å². The largest absolute Gasteiger partial charge is 0.340 e. The van der Waals surface area contributed by atoms with E-state index in [0.29, 0.717) is 0 Å². The molecule has 0 saturated carbocycles. The molecule has 1 amide bonds. The molecule has 3 aromatic rings. The van der Waals surface area contributed by atoms with Crippen molar-refractivity contribution in [1.82, 2.24) is 20.7 Å². The number of hydrogen-bond acceptors (Lipinski definition) is 3. The molecular weight excluding hydrogens is 264 g/mol. The maximum Gasteiger partial charge on any atom is 0.274 e. The molecule has 0 unspecified atom stereocenters. The molecule has 21 heavy (non-hydrogen) atoms. The van der Waals surface area contributed by atoms with Crippen LogP contribution in [0.1, 0.15) is 27.7 Å². The van der Waals surface area contributed by atoms with E-state index in [1.54, 1.807) is 0 Å². The number of H-pyrrole nitrogens is 1. The van der Waals surface area contributed by atoms with Crippen LogP contribution in [0, 0.1) is 0 Å². The predicted molar refractivity (Wildman–Crippen MR) is 77.6 cm³/mol. The van der Waals surface area contributed by atoms with Crippen LogP contribution in [0.5, 0.6) is 0 Å². The number of rotatable bonds is 2. The SMILES string of the molecule is O=C(NC1c2ccccc2-c2ccccc21)c1cn[nH]n1. The molecule has 2 N–H and O–H groups in total. The molecule has 0 radical (unpaired) electrons. The first-order valence-electron chi connectivity index (χ1n) is 6.69. The Morgan fingerprint density at radius 1 is 1.00 bits per heavy atom. The highest BCUT2D eigenvalue weighted by Crippen LogP contribution is 2.42. The van der Waals surface area contributed by atoms with Crippen LogP contribution in [0.4, 0.5) is 0 Å². The zero-order chi connectivity index (χ0) is 14.2. The van der Waals surface area contributed by atoms with Gasteiger partial charge < -0.3 is 5.32 Å². The number of amides is 1. The molecular formula is C16H12N4O. The molecule has 0 spiro atoms. The average molecular weight is 276 g/mol. The topological polar surface area (TPSA) is 70.7 Å². The molecule has 2 aromatic carbocycles. The van der Waals surface area contributed by atoms with Gasteiger partial charge in [0.2, 0.25) is 0 Å². The van der Waals surface area contributed by atoms with Gasteiger partial charge in [-0.05, 0) is 22.3 Å². The molecule has 0 fully saturated rings. The maximum atomic E-state index is 12.2. The van der Waals surface area contributed by atoms with E-state index in [4.69, 9.17) is 0 Å². The summed E-state index contributed by atoms with van der Waals surface area (Å²) >= 11 is 0. The van der Waals surface area contributed by atoms with Crippen molar-refractivity contribution in [2.45, 2.75) is 6.04 Å². The molecule has 1 aromatic heterocycles. The zero-order valence-electron chi connectivity index (χ0n) is 11.1. The van der Waals surface area contributed by atoms with Crippen LogP contribution in [0.3, 0.4) is 0 Å². The third-order valence-corrected chi connectivity index (χ3v) is 3.76. The molecule has 1 heterocycles. The van der Waals surface area contributed by atoms with E-state index in [2.05, 4.69) is 32.9 Å². The molecule has 0 bridgehead atoms. The first kappa shape index (κ1) is 11.8. The summed E-state index contributed by atoms with van der Waals surface area (Å²) in [5.74, 6) is -0.236. The number of nitrogens with one attached hydrogen (secondary N) is 2. The van der Waals surface area contributed by atoms with Crippen LogP contribution in [0.15, 0.2) is 54.7 Å². The molecule has 0 atom stereocenters. The zero-order valence-corrected chi connectivity index (χ0v) is 11.1. The van der Waals surface area contributed by atoms with E-state index >= 15 is 0 Å². The Labute approximate surface area is 121 Å². The van der Waals surface area contributed by atoms with Gasteiger partial charge in [0.1, 0.15) is 0 Å². The number of nitrogens with zero attached hydrogens (tertiary/aromatic N) is 2. The Hall–Kier alpha value is -2.95. The van der Waals surface area contributed by atoms with E-state index in [1.807, 2.05) is 36.4 Å². The Bertz CT molecular complexity index is 765. The molecule has 5 heteroatoms. The Kier molecular flexibility index (Phi) is 2.57. The van der Waals surface area contributed by atoms with E-state index in [9.17, 15) is 4.79 Å². The summed E-state index contributed by atoms with van der Waals surface area (Å²) in [6.45, 7) is 0. The first-order valence-corrected chi connectivity index (χ1v) is 6.69. The lowest BCUT2D eigenvalue weighted by molar-refractivity contribution is 0.0938. The Balaban J connectivity index is 1.77. The molecule has 0 aliphatic heterocycles. The van der Waals surface area contributed by atoms with Gasteiger partial charge in [-0.3, -0.25) is 4.79 Å². The highest BCUT2D eigenvalue weighted by molar-refractivity contribution is 5.93. The number of aromatic nitrogens is 3. The first-order chi connectivity index (χ1) is 10.3. The van der Waals surface area contributed by atoms with Crippen LogP contribution in [0.2, 0.25) is 0 Å². The second-order valence-corrected chi connectivity index (χ2v) is 4.94. The van der Waals surface area contributed by atoms with Crippen molar-refractivity contribution in [2.24, 2.45) is 0 Å². The fourth-order valence-corrected chi connectivity index (χ4v) is 2.83. The van der Waals surface area contributed by atoms with E-state index in [1.165, 1.54) is 17.3 Å². The maximum absolute atomic E-state index is 12.2. The summed E-state index contributed by atoms with van der Waals surface area (Å²) in [6, 6.07) is 16.1. The highest BCUT2D eigenvalue weighted by atomic mass is 16.2. The van der Waals surface area contributed by atoms with Crippen LogP contribution in [-0.2, 0) is 0 Å². The standard InChI is InChI=1S/C16H12N4O/c21-16(14-9-17-20-19-14)18-15-12-7-3-1-5-10(12)11-6-2-4-8-13(11)15/h1-9,15H,(H,18,21)(H,17,19,20). The van der Waals surface area contributed by atoms with Gasteiger partial charge >= 0.3 is 0 Å². The van der Waals surface area contributed by atoms with Gasteiger partial charge in [0, 0.05) is 0 Å². The van der Waals surface area contributed by atoms with Gasteiger partial charge in [0.05, 0.1) is 12.2 Å². The summed E-state index contributed by atoms with van der Waals surface area (Å²) in [4.78, 5) is 12.2. The lowest BCUT2D eigenvalue weighted by Gasteiger charge is -2.14. The van der Waals surface area contributed by atoms with Crippen molar-refractivity contribution in [3.8, 4) is 11.1 Å². The number of hydrogen-bond donors (Lipinski definition) is 2. The minimum Gasteiger partial charge on any atom is -0.340 e. The fraction of sp³-hybridized carbons (Fsp3) is 0.0625. The normalized spacial score (nSPS) is 12.8. The Morgan fingerprint density at radius 3 is 2.19 bits per heavy atom. The monoisotopic (exact) mass is 276 g/mol. The molecule has 0 saturated heterocycles. The molecule has 1 aliphatic rings. The van der Waals surface area contributed by atoms with Crippen molar-refractivity contribution < 1.29 is 4.79 Å². The highest BCUT2D eigenvalue weighted by Gasteiger charge is 2.29. The van der Waals surface area contributed by atoms with Gasteiger partial charge in [-0.1, -0.05) is 48.5 Å². The smallest absolute Gasteiger partial charge is 0.274 e. The van der Waals surface area contributed by atoms with Gasteiger partial charge in [-0.25, -0.2) is 0 Å². The quantitative estimate of drug-likeness (QED) is 0.754. The second kappa shape index (κ2) is 4.56. The van der Waals surface area contributed by atoms with Crippen LogP contribution < -0.4 is 5.32 Å². The van der Waals surface area contributed by atoms with Crippen LogP contribution in [-0.4, -0.2) is 21.3 Å². The van der Waals surface area contributed by atoms with Crippen molar-refractivity contribution in [2.75, 3.05) is 0 Å². The molecule has 1 aliphatic carbocycles. The van der Waals surface area contributed by atoms with Crippen molar-refractivity contribution in [1.29, 1.82) is 0 Å². The number of carbonyl (C=O) groups excluding carboxylic acids is 1. The summed E-state index contributed by atoms with van der Waals surface area (Å²) < 4.78 is 0. The minimum absolute atomic E-state index is 0.151. The third kappa shape index (κ3) is 1.82. The number of benzene rings is 2. The third-order valence-electron chi connectivity index (χ3n) is 3.76. The van der Waals surface area contributed by atoms with Crippen molar-refractivity contribution in [3.05, 3.63) is 71.5 Å².